The monoisotopic (exact) mass is 282 g/mol. The maximum atomic E-state index is 13.3. The molecule has 0 aliphatic heterocycles. The Labute approximate surface area is 116 Å². The molecule has 0 bridgehead atoms. The van der Waals surface area contributed by atoms with E-state index in [0.717, 1.165) is 24.2 Å². The maximum absolute atomic E-state index is 13.3. The molecule has 0 fully saturated rings. The smallest absolute Gasteiger partial charge is 0.141 e. The lowest BCUT2D eigenvalue weighted by molar-refractivity contribution is 0.549. The van der Waals surface area contributed by atoms with Crippen LogP contribution in [0.3, 0.4) is 0 Å². The zero-order valence-electron chi connectivity index (χ0n) is 10.9. The van der Waals surface area contributed by atoms with Crippen molar-refractivity contribution in [2.24, 2.45) is 7.05 Å². The highest BCUT2D eigenvalue weighted by Gasteiger charge is 2.18. The van der Waals surface area contributed by atoms with Crippen molar-refractivity contribution >= 4 is 11.6 Å². The van der Waals surface area contributed by atoms with Gasteiger partial charge in [-0.1, -0.05) is 29.8 Å². The molecule has 2 aromatic rings. The van der Waals surface area contributed by atoms with Gasteiger partial charge in [-0.25, -0.2) is 4.39 Å². The van der Waals surface area contributed by atoms with Crippen LogP contribution in [0.2, 0.25) is 5.02 Å². The molecule has 1 atom stereocenters. The number of hydrogen-bond acceptors (Lipinski definition) is 3. The summed E-state index contributed by atoms with van der Waals surface area (Å²) in [4.78, 5) is 0. The Balaban J connectivity index is 2.37. The van der Waals surface area contributed by atoms with E-state index in [0.29, 0.717) is 0 Å². The molecule has 0 aliphatic carbocycles. The van der Waals surface area contributed by atoms with Crippen LogP contribution in [-0.2, 0) is 7.05 Å². The van der Waals surface area contributed by atoms with Crippen LogP contribution in [0.4, 0.5) is 4.39 Å². The third kappa shape index (κ3) is 3.11. The van der Waals surface area contributed by atoms with Crippen LogP contribution in [0.15, 0.2) is 24.4 Å². The number of rotatable bonds is 5. The van der Waals surface area contributed by atoms with Gasteiger partial charge in [-0.2, -0.15) is 0 Å². The van der Waals surface area contributed by atoms with E-state index >= 15 is 0 Å². The number of halogens is 2. The molecule has 2 rings (SSSR count). The summed E-state index contributed by atoms with van der Waals surface area (Å²) in [6, 6.07) is 4.64. The first-order valence-electron chi connectivity index (χ1n) is 6.16. The molecule has 0 amide bonds. The molecule has 6 heteroatoms. The molecule has 102 valence electrons. The molecule has 1 aromatic carbocycles. The van der Waals surface area contributed by atoms with E-state index in [-0.39, 0.29) is 11.1 Å². The van der Waals surface area contributed by atoms with Crippen LogP contribution >= 0.6 is 11.6 Å². The summed E-state index contributed by atoms with van der Waals surface area (Å²) < 4.78 is 15.0. The van der Waals surface area contributed by atoms with Gasteiger partial charge in [0.2, 0.25) is 0 Å². The van der Waals surface area contributed by atoms with Crippen molar-refractivity contribution < 1.29 is 4.39 Å². The highest BCUT2D eigenvalue weighted by Crippen LogP contribution is 2.25. The van der Waals surface area contributed by atoms with Gasteiger partial charge in [-0.3, -0.25) is 4.68 Å². The van der Waals surface area contributed by atoms with E-state index in [1.165, 1.54) is 6.07 Å². The van der Waals surface area contributed by atoms with Crippen molar-refractivity contribution in [2.75, 3.05) is 6.54 Å². The fourth-order valence-corrected chi connectivity index (χ4v) is 2.12. The number of benzene rings is 1. The Hall–Kier alpha value is -1.46. The maximum Gasteiger partial charge on any atom is 0.141 e. The van der Waals surface area contributed by atoms with Crippen molar-refractivity contribution in [3.05, 3.63) is 46.5 Å². The number of nitrogens with zero attached hydrogens (tertiary/aromatic N) is 3. The van der Waals surface area contributed by atoms with Crippen molar-refractivity contribution in [1.82, 2.24) is 20.3 Å². The first-order valence-corrected chi connectivity index (χ1v) is 6.54. The third-order valence-corrected chi connectivity index (χ3v) is 3.21. The predicted octanol–water partition coefficient (Wildman–Crippen LogP) is 2.70. The highest BCUT2D eigenvalue weighted by molar-refractivity contribution is 6.30. The fourth-order valence-electron chi connectivity index (χ4n) is 1.93. The van der Waals surface area contributed by atoms with Crippen LogP contribution in [0.5, 0.6) is 0 Å². The third-order valence-electron chi connectivity index (χ3n) is 2.92. The Morgan fingerprint density at radius 1 is 1.47 bits per heavy atom. The van der Waals surface area contributed by atoms with Crippen molar-refractivity contribution in [3.8, 4) is 0 Å². The number of hydrogen-bond donors (Lipinski definition) is 1. The summed E-state index contributed by atoms with van der Waals surface area (Å²) in [6.45, 7) is 2.92. The normalized spacial score (nSPS) is 12.6. The van der Waals surface area contributed by atoms with E-state index in [1.54, 1.807) is 23.0 Å². The van der Waals surface area contributed by atoms with Gasteiger partial charge in [0.25, 0.3) is 0 Å². The molecule has 0 spiro atoms. The van der Waals surface area contributed by atoms with Gasteiger partial charge < -0.3 is 5.32 Å². The van der Waals surface area contributed by atoms with E-state index in [9.17, 15) is 4.39 Å². The molecule has 19 heavy (non-hydrogen) atoms. The summed E-state index contributed by atoms with van der Waals surface area (Å²) >= 11 is 5.85. The van der Waals surface area contributed by atoms with Gasteiger partial charge in [-0.15, -0.1) is 5.10 Å². The standard InChI is InChI=1S/C13H16ClFN4/c1-3-6-16-13(12-8-17-18-19(12)2)9-4-5-11(15)10(14)7-9/h4-5,7-8,13,16H,3,6H2,1-2H3. The van der Waals surface area contributed by atoms with E-state index in [4.69, 9.17) is 11.6 Å². The molecule has 0 saturated carbocycles. The first kappa shape index (κ1) is 14.0. The van der Waals surface area contributed by atoms with Gasteiger partial charge in [0.1, 0.15) is 5.82 Å². The number of aromatic nitrogens is 3. The van der Waals surface area contributed by atoms with Crippen LogP contribution in [0, 0.1) is 5.82 Å². The molecule has 1 aromatic heterocycles. The van der Waals surface area contributed by atoms with E-state index in [1.807, 2.05) is 7.05 Å². The van der Waals surface area contributed by atoms with Crippen molar-refractivity contribution in [1.29, 1.82) is 0 Å². The molecular weight excluding hydrogens is 267 g/mol. The topological polar surface area (TPSA) is 42.7 Å². The minimum Gasteiger partial charge on any atom is -0.305 e. The average Bonchev–Trinajstić information content (AvgIpc) is 2.80. The second-order valence-corrected chi connectivity index (χ2v) is 4.75. The van der Waals surface area contributed by atoms with Crippen LogP contribution in [-0.4, -0.2) is 21.5 Å². The van der Waals surface area contributed by atoms with E-state index in [2.05, 4.69) is 22.6 Å². The molecule has 0 saturated heterocycles. The van der Waals surface area contributed by atoms with Crippen molar-refractivity contribution in [3.63, 3.8) is 0 Å². The molecule has 4 nitrogen and oxygen atoms in total. The second-order valence-electron chi connectivity index (χ2n) is 4.34. The van der Waals surface area contributed by atoms with E-state index < -0.39 is 5.82 Å². The highest BCUT2D eigenvalue weighted by atomic mass is 35.5. The van der Waals surface area contributed by atoms with Gasteiger partial charge in [0, 0.05) is 7.05 Å². The van der Waals surface area contributed by atoms with Crippen LogP contribution < -0.4 is 5.32 Å². The molecule has 1 unspecified atom stereocenters. The van der Waals surface area contributed by atoms with Gasteiger partial charge in [0.15, 0.2) is 0 Å². The lowest BCUT2D eigenvalue weighted by atomic mass is 10.0. The fraction of sp³-hybridized carbons (Fsp3) is 0.385. The SMILES string of the molecule is CCCNC(c1ccc(F)c(Cl)c1)c1cnnn1C. The second kappa shape index (κ2) is 6.12. The van der Waals surface area contributed by atoms with Gasteiger partial charge in [-0.05, 0) is 30.7 Å². The number of aryl methyl sites for hydroxylation is 1. The van der Waals surface area contributed by atoms with Gasteiger partial charge in [0.05, 0.1) is 23.0 Å². The lowest BCUT2D eigenvalue weighted by Gasteiger charge is -2.19. The molecule has 1 heterocycles. The Morgan fingerprint density at radius 2 is 2.26 bits per heavy atom. The summed E-state index contributed by atoms with van der Waals surface area (Å²) in [5.74, 6) is -0.414. The van der Waals surface area contributed by atoms with Gasteiger partial charge >= 0.3 is 0 Å². The Kier molecular flexibility index (Phi) is 4.50. The summed E-state index contributed by atoms with van der Waals surface area (Å²) in [5.41, 5.74) is 1.81. The Bertz CT molecular complexity index is 555. The molecule has 1 N–H and O–H groups in total. The minimum atomic E-state index is -0.414. The largest absolute Gasteiger partial charge is 0.305 e. The zero-order chi connectivity index (χ0) is 13.8. The van der Waals surface area contributed by atoms with Crippen LogP contribution in [0.1, 0.15) is 30.6 Å². The van der Waals surface area contributed by atoms with Crippen molar-refractivity contribution in [2.45, 2.75) is 19.4 Å². The molecule has 0 radical (unpaired) electrons. The minimum absolute atomic E-state index is 0.0990. The number of nitrogens with one attached hydrogen (secondary N) is 1. The lowest BCUT2D eigenvalue weighted by Crippen LogP contribution is -2.25. The Morgan fingerprint density at radius 3 is 2.84 bits per heavy atom. The molecule has 0 aliphatic rings. The zero-order valence-corrected chi connectivity index (χ0v) is 11.7. The van der Waals surface area contributed by atoms with Crippen LogP contribution in [0.25, 0.3) is 0 Å². The average molecular weight is 283 g/mol. The predicted molar refractivity (Wildman–Crippen MR) is 72.5 cm³/mol. The first-order chi connectivity index (χ1) is 9.13. The summed E-state index contributed by atoms with van der Waals surface area (Å²) in [5, 5.41) is 11.3. The summed E-state index contributed by atoms with van der Waals surface area (Å²) in [6.07, 6.45) is 2.70. The quantitative estimate of drug-likeness (QED) is 0.917. The summed E-state index contributed by atoms with van der Waals surface area (Å²) in [7, 11) is 1.83. The molecular formula is C13H16ClFN4.